The number of nitrogens with zero attached hydrogens (tertiary/aromatic N) is 3. The Morgan fingerprint density at radius 2 is 2.00 bits per heavy atom. The number of carbonyl (C=O) groups is 1. The highest BCUT2D eigenvalue weighted by Gasteiger charge is 2.18. The predicted molar refractivity (Wildman–Crippen MR) is 139 cm³/mol. The van der Waals surface area contributed by atoms with Gasteiger partial charge in [-0.15, -0.1) is 0 Å². The summed E-state index contributed by atoms with van der Waals surface area (Å²) in [6.07, 6.45) is 1.66. The highest BCUT2D eigenvalue weighted by atomic mass is 16.5. The maximum absolute atomic E-state index is 9.88. The molecule has 0 unspecified atom stereocenters. The second-order valence-electron chi connectivity index (χ2n) is 8.22. The maximum atomic E-state index is 9.88. The number of benzene rings is 2. The molecule has 1 aliphatic heterocycles. The summed E-state index contributed by atoms with van der Waals surface area (Å²) in [5.74, 6) is 0.834. The zero-order valence-electron chi connectivity index (χ0n) is 20.6. The first kappa shape index (κ1) is 26.1. The van der Waals surface area contributed by atoms with Gasteiger partial charge in [-0.2, -0.15) is 5.26 Å². The van der Waals surface area contributed by atoms with Gasteiger partial charge >= 0.3 is 0 Å². The van der Waals surface area contributed by atoms with E-state index in [1.165, 1.54) is 0 Å². The van der Waals surface area contributed by atoms with Crippen LogP contribution >= 0.6 is 0 Å². The van der Waals surface area contributed by atoms with Crippen LogP contribution in [0.2, 0.25) is 0 Å². The van der Waals surface area contributed by atoms with Gasteiger partial charge in [-0.1, -0.05) is 12.1 Å². The zero-order valence-corrected chi connectivity index (χ0v) is 20.6. The number of nitrogens with one attached hydrogen (secondary N) is 1. The Labute approximate surface area is 207 Å². The van der Waals surface area contributed by atoms with Crippen LogP contribution in [0.5, 0.6) is 5.75 Å². The van der Waals surface area contributed by atoms with Gasteiger partial charge in [0.1, 0.15) is 11.8 Å². The highest BCUT2D eigenvalue weighted by molar-refractivity contribution is 5.95. The van der Waals surface area contributed by atoms with Crippen molar-refractivity contribution < 1.29 is 14.3 Å². The normalized spacial score (nSPS) is 13.5. The van der Waals surface area contributed by atoms with E-state index < -0.39 is 0 Å². The summed E-state index contributed by atoms with van der Waals surface area (Å²) in [6.45, 7) is 10.8. The van der Waals surface area contributed by atoms with Crippen LogP contribution in [-0.2, 0) is 16.1 Å². The Bertz CT molecular complexity index is 1150. The molecule has 8 heteroatoms. The topological polar surface area (TPSA) is 106 Å². The number of nitriles is 1. The van der Waals surface area contributed by atoms with E-state index in [4.69, 9.17) is 15.2 Å². The number of rotatable bonds is 9. The van der Waals surface area contributed by atoms with Crippen molar-refractivity contribution in [2.24, 2.45) is 0 Å². The molecule has 3 N–H and O–H groups in total. The van der Waals surface area contributed by atoms with Gasteiger partial charge in [0.2, 0.25) is 6.41 Å². The Morgan fingerprint density at radius 1 is 1.20 bits per heavy atom. The van der Waals surface area contributed by atoms with Gasteiger partial charge in [-0.05, 0) is 44.5 Å². The van der Waals surface area contributed by atoms with E-state index in [0.717, 1.165) is 80.3 Å². The van der Waals surface area contributed by atoms with Crippen molar-refractivity contribution in [3.05, 3.63) is 48.0 Å². The minimum Gasteiger partial charge on any atom is -0.493 e. The van der Waals surface area contributed by atoms with E-state index in [1.807, 2.05) is 49.4 Å². The summed E-state index contributed by atoms with van der Waals surface area (Å²) in [5, 5.41) is 13.3. The number of aromatic nitrogens is 1. The summed E-state index contributed by atoms with van der Waals surface area (Å²) in [4.78, 5) is 11.7. The van der Waals surface area contributed by atoms with Gasteiger partial charge in [0.05, 0.1) is 36.6 Å². The molecule has 3 aromatic rings. The van der Waals surface area contributed by atoms with E-state index in [-0.39, 0.29) is 0 Å². The van der Waals surface area contributed by atoms with Crippen LogP contribution in [0, 0.1) is 11.3 Å². The first-order valence-corrected chi connectivity index (χ1v) is 12.1. The van der Waals surface area contributed by atoms with Crippen LogP contribution in [0.25, 0.3) is 22.2 Å². The van der Waals surface area contributed by atoms with Crippen LogP contribution in [0.1, 0.15) is 25.8 Å². The van der Waals surface area contributed by atoms with Gasteiger partial charge in [-0.3, -0.25) is 9.69 Å². The molecule has 1 aromatic heterocycles. The first-order chi connectivity index (χ1) is 17.1. The number of hydrogen-bond acceptors (Lipinski definition) is 6. The lowest BCUT2D eigenvalue weighted by Crippen LogP contribution is -2.37. The molecule has 1 aliphatic rings. The van der Waals surface area contributed by atoms with Crippen LogP contribution < -0.4 is 15.8 Å². The number of anilines is 1. The molecule has 0 saturated carbocycles. The molecular formula is C27H35N5O3. The minimum atomic E-state index is 0.670. The molecule has 4 rings (SSSR count). The molecule has 0 aliphatic carbocycles. The van der Waals surface area contributed by atoms with Gasteiger partial charge < -0.3 is 25.1 Å². The second-order valence-corrected chi connectivity index (χ2v) is 8.22. The Balaban J connectivity index is 0.000000623. The fraction of sp³-hybridized carbons (Fsp3) is 0.407. The summed E-state index contributed by atoms with van der Waals surface area (Å²) < 4.78 is 13.6. The summed E-state index contributed by atoms with van der Waals surface area (Å²) in [6, 6.07) is 16.1. The number of nitrogens with two attached hydrogens (primary N) is 1. The molecule has 0 radical (unpaired) electrons. The van der Waals surface area contributed by atoms with Crippen molar-refractivity contribution in [1.82, 2.24) is 14.8 Å². The predicted octanol–water partition coefficient (Wildman–Crippen LogP) is 3.64. The van der Waals surface area contributed by atoms with Crippen LogP contribution in [-0.4, -0.2) is 61.9 Å². The van der Waals surface area contributed by atoms with Crippen molar-refractivity contribution in [1.29, 1.82) is 5.26 Å². The average molecular weight is 478 g/mol. The number of morpholine rings is 1. The quantitative estimate of drug-likeness (QED) is 0.277. The van der Waals surface area contributed by atoms with E-state index >= 15 is 0 Å². The smallest absolute Gasteiger partial charge is 0.207 e. The largest absolute Gasteiger partial charge is 0.493 e. The van der Waals surface area contributed by atoms with Crippen molar-refractivity contribution in [3.63, 3.8) is 0 Å². The number of ether oxygens (including phenoxy) is 2. The van der Waals surface area contributed by atoms with Crippen LogP contribution in [0.3, 0.4) is 0 Å². The fourth-order valence-electron chi connectivity index (χ4n) is 4.23. The SMILES string of the molecule is CCNC=O.CCn1c(-c2cccc(N)c2)c(C#N)c2ccc(OCCCN3CCOCC3)cc21. The molecule has 8 nitrogen and oxygen atoms in total. The Morgan fingerprint density at radius 3 is 2.63 bits per heavy atom. The fourth-order valence-corrected chi connectivity index (χ4v) is 4.23. The van der Waals surface area contributed by atoms with Crippen molar-refractivity contribution in [3.8, 4) is 23.1 Å². The molecule has 35 heavy (non-hydrogen) atoms. The van der Waals surface area contributed by atoms with Crippen molar-refractivity contribution in [2.75, 3.05) is 51.7 Å². The Hall–Kier alpha value is -3.54. The minimum absolute atomic E-state index is 0.670. The monoisotopic (exact) mass is 477 g/mol. The van der Waals surface area contributed by atoms with Gasteiger partial charge in [0.15, 0.2) is 0 Å². The van der Waals surface area contributed by atoms with Crippen molar-refractivity contribution >= 4 is 23.0 Å². The molecule has 186 valence electrons. The number of fused-ring (bicyclic) bond motifs is 1. The molecule has 1 amide bonds. The molecule has 1 fully saturated rings. The van der Waals surface area contributed by atoms with E-state index in [1.54, 1.807) is 0 Å². The van der Waals surface area contributed by atoms with Gasteiger partial charge in [-0.25, -0.2) is 0 Å². The average Bonchev–Trinajstić information content (AvgIpc) is 3.21. The Kier molecular flexibility index (Phi) is 9.96. The highest BCUT2D eigenvalue weighted by Crippen LogP contribution is 2.35. The lowest BCUT2D eigenvalue weighted by Gasteiger charge is -2.26. The lowest BCUT2D eigenvalue weighted by molar-refractivity contribution is -0.109. The molecule has 1 saturated heterocycles. The molecular weight excluding hydrogens is 442 g/mol. The summed E-state index contributed by atoms with van der Waals surface area (Å²) >= 11 is 0. The third-order valence-electron chi connectivity index (χ3n) is 5.90. The summed E-state index contributed by atoms with van der Waals surface area (Å²) in [5.41, 5.74) is 10.2. The third-order valence-corrected chi connectivity index (χ3v) is 5.90. The number of amides is 1. The van der Waals surface area contributed by atoms with E-state index in [2.05, 4.69) is 27.8 Å². The number of carbonyl (C=O) groups excluding carboxylic acids is 1. The number of aryl methyl sites for hydroxylation is 1. The van der Waals surface area contributed by atoms with Crippen molar-refractivity contribution in [2.45, 2.75) is 26.8 Å². The lowest BCUT2D eigenvalue weighted by atomic mass is 10.1. The first-order valence-electron chi connectivity index (χ1n) is 12.1. The number of hydrogen-bond donors (Lipinski definition) is 2. The third kappa shape index (κ3) is 6.75. The van der Waals surface area contributed by atoms with Crippen LogP contribution in [0.15, 0.2) is 42.5 Å². The molecule has 0 bridgehead atoms. The van der Waals surface area contributed by atoms with Gasteiger partial charge in [0.25, 0.3) is 0 Å². The molecule has 2 aromatic carbocycles. The maximum Gasteiger partial charge on any atom is 0.207 e. The zero-order chi connectivity index (χ0) is 25.0. The number of nitrogen functional groups attached to an aromatic ring is 1. The molecule has 0 atom stereocenters. The second kappa shape index (κ2) is 13.4. The van der Waals surface area contributed by atoms with Crippen LogP contribution in [0.4, 0.5) is 5.69 Å². The van der Waals surface area contributed by atoms with Gasteiger partial charge in [0, 0.05) is 55.4 Å². The molecule has 0 spiro atoms. The standard InChI is InChI=1S/C24H28N4O2.C3H7NO/c1-2-28-23-16-20(30-12-4-9-27-10-13-29-14-11-27)7-8-21(23)22(17-25)24(28)18-5-3-6-19(26)15-18;1-2-4-3-5/h3,5-8,15-16H,2,4,9-14,26H2,1H3;3H,2H2,1H3,(H,4,5). The van der Waals surface area contributed by atoms with E-state index in [9.17, 15) is 10.1 Å². The van der Waals surface area contributed by atoms with E-state index in [0.29, 0.717) is 24.3 Å². The summed E-state index contributed by atoms with van der Waals surface area (Å²) in [7, 11) is 0. The molecule has 2 heterocycles.